The molecule has 3 nitrogen and oxygen atoms in total. The van der Waals surface area contributed by atoms with Crippen molar-refractivity contribution < 1.29 is 5.11 Å². The molecule has 13 heavy (non-hydrogen) atoms. The molecule has 1 aliphatic heterocycles. The quantitative estimate of drug-likeness (QED) is 0.703. The summed E-state index contributed by atoms with van der Waals surface area (Å²) in [4.78, 5) is 2.28. The largest absolute Gasteiger partial charge is 0.508 e. The standard InChI is InChI=1S/C10H14N2O/c1-11-8-6-12(7-8)9-2-4-10(13)5-3-9/h2-5,8,11,13H,6-7H2,1H3. The summed E-state index contributed by atoms with van der Waals surface area (Å²) in [6, 6.07) is 7.96. The fourth-order valence-electron chi connectivity index (χ4n) is 1.54. The average molecular weight is 178 g/mol. The summed E-state index contributed by atoms with van der Waals surface area (Å²) < 4.78 is 0. The van der Waals surface area contributed by atoms with Crippen molar-refractivity contribution in [1.29, 1.82) is 0 Å². The Kier molecular flexibility index (Phi) is 2.10. The van der Waals surface area contributed by atoms with Gasteiger partial charge in [-0.05, 0) is 31.3 Å². The van der Waals surface area contributed by atoms with Crippen molar-refractivity contribution in [2.24, 2.45) is 0 Å². The molecular formula is C10H14N2O. The van der Waals surface area contributed by atoms with Gasteiger partial charge in [0.2, 0.25) is 0 Å². The lowest BCUT2D eigenvalue weighted by Gasteiger charge is -2.40. The van der Waals surface area contributed by atoms with Crippen LogP contribution < -0.4 is 10.2 Å². The molecule has 1 aliphatic rings. The third-order valence-corrected chi connectivity index (χ3v) is 2.50. The summed E-state index contributed by atoms with van der Waals surface area (Å²) in [5.41, 5.74) is 1.18. The van der Waals surface area contributed by atoms with Crippen molar-refractivity contribution in [2.75, 3.05) is 25.0 Å². The Morgan fingerprint density at radius 3 is 2.46 bits per heavy atom. The molecule has 1 aromatic carbocycles. The summed E-state index contributed by atoms with van der Waals surface area (Å²) in [6.07, 6.45) is 0. The number of aromatic hydroxyl groups is 1. The molecule has 0 radical (unpaired) electrons. The van der Waals surface area contributed by atoms with Crippen LogP contribution in [0, 0.1) is 0 Å². The van der Waals surface area contributed by atoms with Crippen molar-refractivity contribution in [3.05, 3.63) is 24.3 Å². The van der Waals surface area contributed by atoms with Crippen LogP contribution in [0.25, 0.3) is 0 Å². The van der Waals surface area contributed by atoms with Crippen LogP contribution >= 0.6 is 0 Å². The van der Waals surface area contributed by atoms with Crippen LogP contribution in [0.2, 0.25) is 0 Å². The maximum atomic E-state index is 9.10. The van der Waals surface area contributed by atoms with Gasteiger partial charge in [0.05, 0.1) is 0 Å². The maximum Gasteiger partial charge on any atom is 0.115 e. The predicted molar refractivity (Wildman–Crippen MR) is 53.2 cm³/mol. The van der Waals surface area contributed by atoms with Gasteiger partial charge in [0.1, 0.15) is 5.75 Å². The summed E-state index contributed by atoms with van der Waals surface area (Å²) in [5.74, 6) is 0.328. The molecule has 0 unspecified atom stereocenters. The summed E-state index contributed by atoms with van der Waals surface area (Å²) in [7, 11) is 1.98. The monoisotopic (exact) mass is 178 g/mol. The highest BCUT2D eigenvalue weighted by molar-refractivity contribution is 5.51. The first-order valence-corrected chi connectivity index (χ1v) is 4.51. The fourth-order valence-corrected chi connectivity index (χ4v) is 1.54. The first kappa shape index (κ1) is 8.38. The number of likely N-dealkylation sites (N-methyl/N-ethyl adjacent to an activating group) is 1. The van der Waals surface area contributed by atoms with E-state index < -0.39 is 0 Å². The Morgan fingerprint density at radius 1 is 1.31 bits per heavy atom. The van der Waals surface area contributed by atoms with Gasteiger partial charge in [-0.15, -0.1) is 0 Å². The highest BCUT2D eigenvalue weighted by atomic mass is 16.3. The molecule has 0 atom stereocenters. The molecule has 0 bridgehead atoms. The Labute approximate surface area is 78.0 Å². The second kappa shape index (κ2) is 3.26. The zero-order valence-electron chi connectivity index (χ0n) is 7.70. The molecule has 1 fully saturated rings. The molecule has 0 spiro atoms. The van der Waals surface area contributed by atoms with E-state index in [4.69, 9.17) is 5.11 Å². The SMILES string of the molecule is CNC1CN(c2ccc(O)cc2)C1. The van der Waals surface area contributed by atoms with Gasteiger partial charge in [-0.1, -0.05) is 0 Å². The van der Waals surface area contributed by atoms with Crippen molar-refractivity contribution in [2.45, 2.75) is 6.04 Å². The molecule has 0 amide bonds. The molecule has 0 aromatic heterocycles. The molecule has 0 aliphatic carbocycles. The van der Waals surface area contributed by atoms with Crippen LogP contribution in [0.4, 0.5) is 5.69 Å². The lowest BCUT2D eigenvalue weighted by molar-refractivity contribution is 0.449. The Morgan fingerprint density at radius 2 is 1.92 bits per heavy atom. The van der Waals surface area contributed by atoms with Gasteiger partial charge in [-0.25, -0.2) is 0 Å². The molecule has 2 N–H and O–H groups in total. The Balaban J connectivity index is 1.99. The summed E-state index contributed by atoms with van der Waals surface area (Å²) in [6.45, 7) is 2.11. The van der Waals surface area contributed by atoms with Crippen LogP contribution in [0.15, 0.2) is 24.3 Å². The molecule has 0 saturated carbocycles. The van der Waals surface area contributed by atoms with Crippen LogP contribution in [0.3, 0.4) is 0 Å². The van der Waals surface area contributed by atoms with E-state index in [1.807, 2.05) is 19.2 Å². The van der Waals surface area contributed by atoms with E-state index in [2.05, 4.69) is 10.2 Å². The normalized spacial score (nSPS) is 17.2. The van der Waals surface area contributed by atoms with Crippen LogP contribution in [-0.4, -0.2) is 31.3 Å². The number of hydrogen-bond donors (Lipinski definition) is 2. The third kappa shape index (κ3) is 1.60. The van der Waals surface area contributed by atoms with Gasteiger partial charge in [0.15, 0.2) is 0 Å². The van der Waals surface area contributed by atoms with Gasteiger partial charge >= 0.3 is 0 Å². The van der Waals surface area contributed by atoms with Gasteiger partial charge in [0.25, 0.3) is 0 Å². The number of hydrogen-bond acceptors (Lipinski definition) is 3. The number of phenols is 1. The zero-order chi connectivity index (χ0) is 9.26. The first-order valence-electron chi connectivity index (χ1n) is 4.51. The van der Waals surface area contributed by atoms with Gasteiger partial charge in [-0.2, -0.15) is 0 Å². The second-order valence-corrected chi connectivity index (χ2v) is 3.41. The number of nitrogens with one attached hydrogen (secondary N) is 1. The lowest BCUT2D eigenvalue weighted by atomic mass is 10.1. The minimum Gasteiger partial charge on any atom is -0.508 e. The van der Waals surface area contributed by atoms with E-state index in [1.54, 1.807) is 12.1 Å². The fraction of sp³-hybridized carbons (Fsp3) is 0.400. The second-order valence-electron chi connectivity index (χ2n) is 3.41. The third-order valence-electron chi connectivity index (χ3n) is 2.50. The molecule has 2 rings (SSSR count). The molecule has 3 heteroatoms. The highest BCUT2D eigenvalue weighted by Gasteiger charge is 2.24. The number of nitrogens with zero attached hydrogens (tertiary/aromatic N) is 1. The van der Waals surface area contributed by atoms with E-state index in [0.29, 0.717) is 11.8 Å². The highest BCUT2D eigenvalue weighted by Crippen LogP contribution is 2.22. The van der Waals surface area contributed by atoms with Crippen molar-refractivity contribution in [1.82, 2.24) is 5.32 Å². The molecule has 1 aromatic rings. The van der Waals surface area contributed by atoms with Crippen molar-refractivity contribution >= 4 is 5.69 Å². The molecule has 1 saturated heterocycles. The van der Waals surface area contributed by atoms with E-state index in [9.17, 15) is 0 Å². The Hall–Kier alpha value is -1.22. The average Bonchev–Trinajstić information content (AvgIpc) is 2.06. The predicted octanol–water partition coefficient (Wildman–Crippen LogP) is 0.800. The number of benzene rings is 1. The van der Waals surface area contributed by atoms with Crippen LogP contribution in [0.1, 0.15) is 0 Å². The zero-order valence-corrected chi connectivity index (χ0v) is 7.70. The van der Waals surface area contributed by atoms with E-state index in [0.717, 1.165) is 13.1 Å². The Bertz CT molecular complexity index is 277. The molecule has 70 valence electrons. The number of phenolic OH excluding ortho intramolecular Hbond substituents is 1. The lowest BCUT2D eigenvalue weighted by Crippen LogP contribution is -2.57. The molecule has 1 heterocycles. The number of rotatable bonds is 2. The number of anilines is 1. The van der Waals surface area contributed by atoms with E-state index in [1.165, 1.54) is 5.69 Å². The van der Waals surface area contributed by atoms with Crippen LogP contribution in [0.5, 0.6) is 5.75 Å². The van der Waals surface area contributed by atoms with Crippen LogP contribution in [-0.2, 0) is 0 Å². The maximum absolute atomic E-state index is 9.10. The molecular weight excluding hydrogens is 164 g/mol. The van der Waals surface area contributed by atoms with E-state index >= 15 is 0 Å². The van der Waals surface area contributed by atoms with E-state index in [-0.39, 0.29) is 0 Å². The summed E-state index contributed by atoms with van der Waals surface area (Å²) in [5, 5.41) is 12.3. The van der Waals surface area contributed by atoms with Gasteiger partial charge in [0, 0.05) is 24.8 Å². The first-order chi connectivity index (χ1) is 6.29. The van der Waals surface area contributed by atoms with Gasteiger partial charge in [-0.3, -0.25) is 0 Å². The topological polar surface area (TPSA) is 35.5 Å². The minimum absolute atomic E-state index is 0.328. The van der Waals surface area contributed by atoms with Crippen molar-refractivity contribution in [3.63, 3.8) is 0 Å². The minimum atomic E-state index is 0.328. The van der Waals surface area contributed by atoms with Gasteiger partial charge < -0.3 is 15.3 Å². The smallest absolute Gasteiger partial charge is 0.115 e. The summed E-state index contributed by atoms with van der Waals surface area (Å²) >= 11 is 0. The van der Waals surface area contributed by atoms with Crippen molar-refractivity contribution in [3.8, 4) is 5.75 Å².